The summed E-state index contributed by atoms with van der Waals surface area (Å²) in [5.74, 6) is -0.0102. The van der Waals surface area contributed by atoms with Gasteiger partial charge < -0.3 is 25.0 Å². The Morgan fingerprint density at radius 3 is 2.20 bits per heavy atom. The molecule has 2 aromatic rings. The van der Waals surface area contributed by atoms with Crippen LogP contribution in [0.1, 0.15) is 17.3 Å². The standard InChI is InChI=1S/C22H25N3O5/c1-16(30-19-9-7-18(26)8-10-19)22(29)25-13-11-24(12-14-25)20(27)15-23-21(28)17-5-3-2-4-6-17/h2-10,16,26H,11-15H2,1H3,(H,23,28). The van der Waals surface area contributed by atoms with Gasteiger partial charge in [0.25, 0.3) is 11.8 Å². The molecule has 1 saturated heterocycles. The van der Waals surface area contributed by atoms with E-state index < -0.39 is 6.10 Å². The molecular weight excluding hydrogens is 386 g/mol. The Hall–Kier alpha value is -3.55. The zero-order valence-corrected chi connectivity index (χ0v) is 16.8. The molecule has 1 unspecified atom stereocenters. The Bertz CT molecular complexity index is 877. The summed E-state index contributed by atoms with van der Waals surface area (Å²) in [6.45, 7) is 3.20. The predicted octanol–water partition coefficient (Wildman–Crippen LogP) is 1.26. The van der Waals surface area contributed by atoms with E-state index in [0.717, 1.165) is 0 Å². The van der Waals surface area contributed by atoms with Crippen molar-refractivity contribution >= 4 is 17.7 Å². The maximum absolute atomic E-state index is 12.6. The fourth-order valence-electron chi connectivity index (χ4n) is 3.17. The smallest absolute Gasteiger partial charge is 0.263 e. The number of piperazine rings is 1. The molecule has 0 radical (unpaired) electrons. The van der Waals surface area contributed by atoms with Crippen LogP contribution in [-0.4, -0.2) is 71.5 Å². The van der Waals surface area contributed by atoms with E-state index in [1.54, 1.807) is 53.1 Å². The van der Waals surface area contributed by atoms with Crippen LogP contribution in [-0.2, 0) is 9.59 Å². The number of hydrogen-bond acceptors (Lipinski definition) is 5. The molecule has 0 spiro atoms. The minimum absolute atomic E-state index is 0.0813. The van der Waals surface area contributed by atoms with Crippen molar-refractivity contribution in [3.05, 3.63) is 60.2 Å². The summed E-state index contributed by atoms with van der Waals surface area (Å²) in [6, 6.07) is 14.9. The first-order valence-corrected chi connectivity index (χ1v) is 9.79. The van der Waals surface area contributed by atoms with Crippen LogP contribution >= 0.6 is 0 Å². The molecule has 1 heterocycles. The van der Waals surface area contributed by atoms with Gasteiger partial charge in [-0.2, -0.15) is 0 Å². The first-order chi connectivity index (χ1) is 14.4. The highest BCUT2D eigenvalue weighted by molar-refractivity contribution is 5.96. The number of carbonyl (C=O) groups excluding carboxylic acids is 3. The van der Waals surface area contributed by atoms with E-state index in [1.807, 2.05) is 6.07 Å². The number of aromatic hydroxyl groups is 1. The Morgan fingerprint density at radius 1 is 0.967 bits per heavy atom. The molecule has 0 aliphatic carbocycles. The Morgan fingerprint density at radius 2 is 1.57 bits per heavy atom. The first-order valence-electron chi connectivity index (χ1n) is 9.79. The van der Waals surface area contributed by atoms with Crippen molar-refractivity contribution in [1.82, 2.24) is 15.1 Å². The lowest BCUT2D eigenvalue weighted by Gasteiger charge is -2.36. The predicted molar refractivity (Wildman–Crippen MR) is 110 cm³/mol. The summed E-state index contributed by atoms with van der Waals surface area (Å²) in [6.07, 6.45) is -0.679. The van der Waals surface area contributed by atoms with Crippen LogP contribution in [0.2, 0.25) is 0 Å². The van der Waals surface area contributed by atoms with E-state index in [4.69, 9.17) is 4.74 Å². The summed E-state index contributed by atoms with van der Waals surface area (Å²) < 4.78 is 5.64. The zero-order chi connectivity index (χ0) is 21.5. The van der Waals surface area contributed by atoms with Crippen LogP contribution in [0.3, 0.4) is 0 Å². The molecule has 8 heteroatoms. The molecular formula is C22H25N3O5. The van der Waals surface area contributed by atoms with Gasteiger partial charge in [-0.1, -0.05) is 18.2 Å². The van der Waals surface area contributed by atoms with Crippen molar-refractivity contribution in [2.75, 3.05) is 32.7 Å². The number of phenolic OH excluding ortho intramolecular Hbond substituents is 1. The van der Waals surface area contributed by atoms with Gasteiger partial charge in [0.15, 0.2) is 6.10 Å². The maximum atomic E-state index is 12.6. The van der Waals surface area contributed by atoms with Gasteiger partial charge in [-0.05, 0) is 43.3 Å². The monoisotopic (exact) mass is 411 g/mol. The van der Waals surface area contributed by atoms with Crippen molar-refractivity contribution in [2.45, 2.75) is 13.0 Å². The maximum Gasteiger partial charge on any atom is 0.263 e. The van der Waals surface area contributed by atoms with Gasteiger partial charge in [0.05, 0.1) is 6.54 Å². The molecule has 0 aromatic heterocycles. The molecule has 8 nitrogen and oxygen atoms in total. The third kappa shape index (κ3) is 5.50. The molecule has 0 saturated carbocycles. The second-order valence-electron chi connectivity index (χ2n) is 7.01. The molecule has 30 heavy (non-hydrogen) atoms. The molecule has 0 bridgehead atoms. The molecule has 3 rings (SSSR count). The van der Waals surface area contributed by atoms with E-state index in [0.29, 0.717) is 37.5 Å². The number of benzene rings is 2. The number of nitrogens with one attached hydrogen (secondary N) is 1. The van der Waals surface area contributed by atoms with Gasteiger partial charge >= 0.3 is 0 Å². The fraction of sp³-hybridized carbons (Fsp3) is 0.318. The number of amides is 3. The third-order valence-corrected chi connectivity index (χ3v) is 4.88. The lowest BCUT2D eigenvalue weighted by atomic mass is 10.2. The quantitative estimate of drug-likeness (QED) is 0.746. The first kappa shape index (κ1) is 21.2. The zero-order valence-electron chi connectivity index (χ0n) is 16.8. The van der Waals surface area contributed by atoms with Crippen molar-refractivity contribution in [3.63, 3.8) is 0 Å². The number of phenols is 1. The molecule has 1 aliphatic rings. The molecule has 1 fully saturated rings. The van der Waals surface area contributed by atoms with Gasteiger partial charge in [0.2, 0.25) is 5.91 Å². The van der Waals surface area contributed by atoms with Crippen LogP contribution in [0.25, 0.3) is 0 Å². The van der Waals surface area contributed by atoms with E-state index >= 15 is 0 Å². The number of ether oxygens (including phenoxy) is 1. The molecule has 2 N–H and O–H groups in total. The van der Waals surface area contributed by atoms with Crippen LogP contribution in [0.5, 0.6) is 11.5 Å². The lowest BCUT2D eigenvalue weighted by Crippen LogP contribution is -2.54. The topological polar surface area (TPSA) is 99.2 Å². The average molecular weight is 411 g/mol. The second-order valence-corrected chi connectivity index (χ2v) is 7.01. The Balaban J connectivity index is 1.43. The molecule has 1 aliphatic heterocycles. The molecule has 2 aromatic carbocycles. The largest absolute Gasteiger partial charge is 0.508 e. The van der Waals surface area contributed by atoms with Crippen molar-refractivity contribution in [2.24, 2.45) is 0 Å². The van der Waals surface area contributed by atoms with Gasteiger partial charge in [-0.3, -0.25) is 14.4 Å². The summed E-state index contributed by atoms with van der Waals surface area (Å²) >= 11 is 0. The normalized spacial score (nSPS) is 14.7. The summed E-state index contributed by atoms with van der Waals surface area (Å²) in [7, 11) is 0. The third-order valence-electron chi connectivity index (χ3n) is 4.88. The highest BCUT2D eigenvalue weighted by atomic mass is 16.5. The van der Waals surface area contributed by atoms with E-state index in [-0.39, 0.29) is 30.0 Å². The van der Waals surface area contributed by atoms with E-state index in [1.165, 1.54) is 12.1 Å². The minimum Gasteiger partial charge on any atom is -0.508 e. The molecule has 158 valence electrons. The fourth-order valence-corrected chi connectivity index (χ4v) is 3.17. The van der Waals surface area contributed by atoms with Gasteiger partial charge in [-0.25, -0.2) is 0 Å². The van der Waals surface area contributed by atoms with Crippen molar-refractivity contribution < 1.29 is 24.2 Å². The molecule has 3 amide bonds. The SMILES string of the molecule is CC(Oc1ccc(O)cc1)C(=O)N1CCN(C(=O)CNC(=O)c2ccccc2)CC1. The van der Waals surface area contributed by atoms with Crippen LogP contribution in [0.4, 0.5) is 0 Å². The van der Waals surface area contributed by atoms with Crippen LogP contribution < -0.4 is 10.1 Å². The second kappa shape index (κ2) is 9.78. The van der Waals surface area contributed by atoms with Crippen LogP contribution in [0, 0.1) is 0 Å². The summed E-state index contributed by atoms with van der Waals surface area (Å²) in [5.41, 5.74) is 0.503. The number of nitrogens with zero attached hydrogens (tertiary/aromatic N) is 2. The van der Waals surface area contributed by atoms with Gasteiger partial charge in [0.1, 0.15) is 11.5 Å². The van der Waals surface area contributed by atoms with Gasteiger partial charge in [0, 0.05) is 31.7 Å². The minimum atomic E-state index is -0.679. The van der Waals surface area contributed by atoms with Gasteiger partial charge in [-0.15, -0.1) is 0 Å². The summed E-state index contributed by atoms with van der Waals surface area (Å²) in [5, 5.41) is 11.9. The van der Waals surface area contributed by atoms with E-state index in [2.05, 4.69) is 5.32 Å². The number of hydrogen-bond donors (Lipinski definition) is 2. The van der Waals surface area contributed by atoms with Crippen molar-refractivity contribution in [3.8, 4) is 11.5 Å². The highest BCUT2D eigenvalue weighted by Gasteiger charge is 2.28. The lowest BCUT2D eigenvalue weighted by molar-refractivity contribution is -0.143. The Labute approximate surface area is 175 Å². The average Bonchev–Trinajstić information content (AvgIpc) is 2.79. The Kier molecular flexibility index (Phi) is 6.90. The number of rotatable bonds is 6. The summed E-state index contributed by atoms with van der Waals surface area (Å²) in [4.78, 5) is 40.3. The van der Waals surface area contributed by atoms with E-state index in [9.17, 15) is 19.5 Å². The molecule has 1 atom stereocenters. The van der Waals surface area contributed by atoms with Crippen LogP contribution in [0.15, 0.2) is 54.6 Å². The van der Waals surface area contributed by atoms with Crippen molar-refractivity contribution in [1.29, 1.82) is 0 Å². The highest BCUT2D eigenvalue weighted by Crippen LogP contribution is 2.18. The number of carbonyl (C=O) groups is 3.